The van der Waals surface area contributed by atoms with Crippen LogP contribution in [-0.2, 0) is 17.9 Å². The lowest BCUT2D eigenvalue weighted by atomic mass is 9.92. The lowest BCUT2D eigenvalue weighted by Crippen LogP contribution is -2.34. The number of nitrogens with zero attached hydrogens (tertiary/aromatic N) is 2. The first-order valence-electron chi connectivity index (χ1n) is 7.45. The molecule has 1 aliphatic carbocycles. The van der Waals surface area contributed by atoms with Gasteiger partial charge in [0.2, 0.25) is 5.91 Å². The third-order valence-electron chi connectivity index (χ3n) is 4.68. The van der Waals surface area contributed by atoms with Gasteiger partial charge in [-0.25, -0.2) is 4.98 Å². The molecule has 1 saturated heterocycles. The number of nitrogens with one attached hydrogen (secondary N) is 2. The summed E-state index contributed by atoms with van der Waals surface area (Å²) in [4.78, 5) is 16.1. The molecular formula is C14H19F3N4O. The molecule has 1 spiro atoms. The van der Waals surface area contributed by atoms with Crippen LogP contribution in [0.3, 0.4) is 0 Å². The van der Waals surface area contributed by atoms with Crippen molar-refractivity contribution >= 4 is 5.91 Å². The van der Waals surface area contributed by atoms with Gasteiger partial charge >= 0.3 is 6.18 Å². The summed E-state index contributed by atoms with van der Waals surface area (Å²) in [5, 5.41) is 6.01. The Labute approximate surface area is 126 Å². The lowest BCUT2D eigenvalue weighted by molar-refractivity contribution is -0.141. The first kappa shape index (κ1) is 15.3. The number of piperidine rings is 1. The third-order valence-corrected chi connectivity index (χ3v) is 4.68. The molecule has 1 aromatic rings. The van der Waals surface area contributed by atoms with Crippen molar-refractivity contribution in [1.29, 1.82) is 0 Å². The molecule has 1 aliphatic heterocycles. The van der Waals surface area contributed by atoms with Gasteiger partial charge in [0.25, 0.3) is 0 Å². The summed E-state index contributed by atoms with van der Waals surface area (Å²) < 4.78 is 38.3. The summed E-state index contributed by atoms with van der Waals surface area (Å²) in [6.07, 6.45) is 1.17. The Hall–Kier alpha value is -1.57. The zero-order valence-electron chi connectivity index (χ0n) is 12.1. The highest BCUT2D eigenvalue weighted by atomic mass is 19.4. The van der Waals surface area contributed by atoms with Gasteiger partial charge in [0.05, 0.1) is 6.54 Å². The van der Waals surface area contributed by atoms with Gasteiger partial charge in [0, 0.05) is 18.3 Å². The number of carbonyl (C=O) groups excluding carboxylic acids is 1. The number of imidazole rings is 1. The van der Waals surface area contributed by atoms with Gasteiger partial charge in [-0.3, -0.25) is 4.79 Å². The Morgan fingerprint density at radius 1 is 1.45 bits per heavy atom. The molecule has 1 saturated carbocycles. The predicted molar refractivity (Wildman–Crippen MR) is 72.8 cm³/mol. The monoisotopic (exact) mass is 316 g/mol. The fourth-order valence-electron chi connectivity index (χ4n) is 3.33. The van der Waals surface area contributed by atoms with Crippen LogP contribution in [0.15, 0.2) is 12.4 Å². The molecule has 0 bridgehead atoms. The van der Waals surface area contributed by atoms with E-state index in [4.69, 9.17) is 0 Å². The van der Waals surface area contributed by atoms with Crippen molar-refractivity contribution < 1.29 is 18.0 Å². The van der Waals surface area contributed by atoms with E-state index in [1.54, 1.807) is 0 Å². The zero-order valence-corrected chi connectivity index (χ0v) is 12.1. The van der Waals surface area contributed by atoms with Crippen molar-refractivity contribution in [1.82, 2.24) is 20.2 Å². The van der Waals surface area contributed by atoms with Gasteiger partial charge in [-0.1, -0.05) is 0 Å². The summed E-state index contributed by atoms with van der Waals surface area (Å²) in [5.74, 6) is 0.162. The maximum Gasteiger partial charge on any atom is 0.406 e. The Kier molecular flexibility index (Phi) is 3.88. The summed E-state index contributed by atoms with van der Waals surface area (Å²) in [5.41, 5.74) is 0.122. The van der Waals surface area contributed by atoms with Crippen LogP contribution in [0.5, 0.6) is 0 Å². The molecule has 0 aromatic carbocycles. The minimum Gasteiger partial charge on any atom is -0.349 e. The first-order chi connectivity index (χ1) is 10.4. The lowest BCUT2D eigenvalue weighted by Gasteiger charge is -2.23. The minimum absolute atomic E-state index is 0.000582. The van der Waals surface area contributed by atoms with E-state index >= 15 is 0 Å². The number of alkyl halides is 3. The average Bonchev–Trinajstić information content (AvgIpc) is 2.95. The van der Waals surface area contributed by atoms with Crippen LogP contribution in [0.2, 0.25) is 0 Å². The molecule has 1 aromatic heterocycles. The third kappa shape index (κ3) is 3.26. The van der Waals surface area contributed by atoms with E-state index in [2.05, 4.69) is 15.6 Å². The van der Waals surface area contributed by atoms with Crippen LogP contribution in [0.25, 0.3) is 0 Å². The van der Waals surface area contributed by atoms with Crippen LogP contribution in [0.1, 0.15) is 25.1 Å². The van der Waals surface area contributed by atoms with E-state index in [1.165, 1.54) is 12.4 Å². The Morgan fingerprint density at radius 3 is 2.86 bits per heavy atom. The Bertz CT molecular complexity index is 549. The molecule has 5 nitrogen and oxygen atoms in total. The predicted octanol–water partition coefficient (Wildman–Crippen LogP) is 1.45. The van der Waals surface area contributed by atoms with Crippen molar-refractivity contribution in [3.63, 3.8) is 0 Å². The van der Waals surface area contributed by atoms with E-state index in [1.807, 2.05) is 0 Å². The second-order valence-electron chi connectivity index (χ2n) is 6.17. The molecule has 3 rings (SSSR count). The van der Waals surface area contributed by atoms with Crippen LogP contribution in [0, 0.1) is 11.3 Å². The number of hydrogen-bond donors (Lipinski definition) is 2. The summed E-state index contributed by atoms with van der Waals surface area (Å²) in [6, 6.07) is 0. The fraction of sp³-hybridized carbons (Fsp3) is 0.714. The molecular weight excluding hydrogens is 297 g/mol. The van der Waals surface area contributed by atoms with Crippen molar-refractivity contribution in [3.05, 3.63) is 18.2 Å². The van der Waals surface area contributed by atoms with Crippen LogP contribution in [-0.4, -0.2) is 34.7 Å². The molecule has 22 heavy (non-hydrogen) atoms. The Morgan fingerprint density at radius 2 is 2.18 bits per heavy atom. The van der Waals surface area contributed by atoms with Crippen molar-refractivity contribution in [2.24, 2.45) is 11.3 Å². The van der Waals surface area contributed by atoms with Crippen molar-refractivity contribution in [2.45, 2.75) is 38.5 Å². The molecule has 8 heteroatoms. The summed E-state index contributed by atoms with van der Waals surface area (Å²) in [7, 11) is 0. The fourth-order valence-corrected chi connectivity index (χ4v) is 3.33. The van der Waals surface area contributed by atoms with Crippen LogP contribution >= 0.6 is 0 Å². The molecule has 2 heterocycles. The van der Waals surface area contributed by atoms with E-state index in [0.717, 1.165) is 36.9 Å². The zero-order chi connectivity index (χ0) is 15.8. The second-order valence-corrected chi connectivity index (χ2v) is 6.17. The minimum atomic E-state index is -4.30. The highest BCUT2D eigenvalue weighted by Crippen LogP contribution is 2.58. The molecule has 2 aliphatic rings. The van der Waals surface area contributed by atoms with Gasteiger partial charge in [0.1, 0.15) is 12.4 Å². The number of aromatic nitrogens is 2. The molecule has 2 fully saturated rings. The largest absolute Gasteiger partial charge is 0.406 e. The quantitative estimate of drug-likeness (QED) is 0.884. The van der Waals surface area contributed by atoms with Crippen LogP contribution < -0.4 is 10.6 Å². The number of rotatable bonds is 4. The smallest absolute Gasteiger partial charge is 0.349 e. The van der Waals surface area contributed by atoms with Gasteiger partial charge in [-0.2, -0.15) is 13.2 Å². The number of hydrogen-bond acceptors (Lipinski definition) is 3. The van der Waals surface area contributed by atoms with E-state index < -0.39 is 12.7 Å². The molecule has 1 amide bonds. The van der Waals surface area contributed by atoms with Gasteiger partial charge < -0.3 is 15.2 Å². The maximum atomic E-state index is 12.4. The number of amides is 1. The topological polar surface area (TPSA) is 59.0 Å². The number of carbonyl (C=O) groups is 1. The molecule has 1 unspecified atom stereocenters. The van der Waals surface area contributed by atoms with Gasteiger partial charge in [-0.05, 0) is 37.8 Å². The first-order valence-corrected chi connectivity index (χ1v) is 7.45. The normalized spacial score (nSPS) is 23.5. The standard InChI is InChI=1S/C14H19F3N4O/c15-14(16,17)9-21-6-5-19-11(21)8-20-12(22)10-7-13(10)1-3-18-4-2-13/h5-6,10,18H,1-4,7-9H2,(H,20,22). The van der Waals surface area contributed by atoms with E-state index in [-0.39, 0.29) is 29.6 Å². The van der Waals surface area contributed by atoms with E-state index in [9.17, 15) is 18.0 Å². The van der Waals surface area contributed by atoms with E-state index in [0.29, 0.717) is 0 Å². The Balaban J connectivity index is 1.53. The number of halogens is 3. The van der Waals surface area contributed by atoms with Crippen molar-refractivity contribution in [3.8, 4) is 0 Å². The highest BCUT2D eigenvalue weighted by molar-refractivity contribution is 5.82. The average molecular weight is 316 g/mol. The summed E-state index contributed by atoms with van der Waals surface area (Å²) in [6.45, 7) is 0.809. The van der Waals surface area contributed by atoms with Crippen molar-refractivity contribution in [2.75, 3.05) is 13.1 Å². The SMILES string of the molecule is O=C(NCc1nccn1CC(F)(F)F)C1CC12CCNCC2. The maximum absolute atomic E-state index is 12.4. The highest BCUT2D eigenvalue weighted by Gasteiger charge is 2.57. The van der Waals surface area contributed by atoms with Gasteiger partial charge in [-0.15, -0.1) is 0 Å². The second kappa shape index (κ2) is 5.57. The molecule has 1 atom stereocenters. The molecule has 122 valence electrons. The van der Waals surface area contributed by atoms with Gasteiger partial charge in [0.15, 0.2) is 0 Å². The molecule has 0 radical (unpaired) electrons. The van der Waals surface area contributed by atoms with Crippen LogP contribution in [0.4, 0.5) is 13.2 Å². The summed E-state index contributed by atoms with van der Waals surface area (Å²) >= 11 is 0. The molecule has 2 N–H and O–H groups in total.